The molecule has 0 aromatic heterocycles. The molecule has 0 radical (unpaired) electrons. The molecule has 0 aliphatic carbocycles. The number of rotatable bonds is 6. The summed E-state index contributed by atoms with van der Waals surface area (Å²) in [5, 5.41) is 3.43. The van der Waals surface area contributed by atoms with Crippen LogP contribution in [0.1, 0.15) is 25.8 Å². The van der Waals surface area contributed by atoms with Crippen molar-refractivity contribution < 1.29 is 9.47 Å². The molecule has 1 fully saturated rings. The molecule has 3 heteroatoms. The Morgan fingerprint density at radius 2 is 2.22 bits per heavy atom. The van der Waals surface area contributed by atoms with E-state index in [1.54, 1.807) is 0 Å². The maximum Gasteiger partial charge on any atom is 0.123 e. The number of nitrogens with one attached hydrogen (secondary N) is 1. The van der Waals surface area contributed by atoms with Crippen LogP contribution < -0.4 is 10.1 Å². The van der Waals surface area contributed by atoms with E-state index in [-0.39, 0.29) is 0 Å². The lowest BCUT2D eigenvalue weighted by Crippen LogP contribution is -2.22. The Labute approximate surface area is 109 Å². The highest BCUT2D eigenvalue weighted by Gasteiger charge is 2.16. The van der Waals surface area contributed by atoms with Crippen LogP contribution in [0.25, 0.3) is 0 Å². The van der Waals surface area contributed by atoms with Crippen molar-refractivity contribution in [2.45, 2.75) is 32.9 Å². The molecular weight excluding hydrogens is 226 g/mol. The zero-order valence-electron chi connectivity index (χ0n) is 11.3. The van der Waals surface area contributed by atoms with E-state index in [1.165, 1.54) is 5.56 Å². The van der Waals surface area contributed by atoms with Gasteiger partial charge in [0, 0.05) is 30.7 Å². The highest BCUT2D eigenvalue weighted by atomic mass is 16.5. The van der Waals surface area contributed by atoms with Gasteiger partial charge in [0.05, 0.1) is 13.2 Å². The average molecular weight is 249 g/mol. The van der Waals surface area contributed by atoms with E-state index in [4.69, 9.17) is 9.47 Å². The first-order valence-electron chi connectivity index (χ1n) is 6.77. The van der Waals surface area contributed by atoms with Crippen molar-refractivity contribution in [1.82, 2.24) is 5.32 Å². The van der Waals surface area contributed by atoms with Crippen LogP contribution in [0.5, 0.6) is 5.75 Å². The molecule has 1 aliphatic rings. The fourth-order valence-electron chi connectivity index (χ4n) is 2.03. The van der Waals surface area contributed by atoms with Crippen LogP contribution >= 0.6 is 0 Å². The van der Waals surface area contributed by atoms with Gasteiger partial charge in [0.15, 0.2) is 0 Å². The second-order valence-corrected chi connectivity index (χ2v) is 5.18. The second kappa shape index (κ2) is 6.76. The molecule has 1 saturated heterocycles. The highest BCUT2D eigenvalue weighted by Crippen LogP contribution is 2.20. The van der Waals surface area contributed by atoms with Crippen molar-refractivity contribution in [3.8, 4) is 5.75 Å². The van der Waals surface area contributed by atoms with E-state index < -0.39 is 0 Å². The van der Waals surface area contributed by atoms with Crippen LogP contribution in [0.3, 0.4) is 0 Å². The maximum absolute atomic E-state index is 5.93. The van der Waals surface area contributed by atoms with Crippen LogP contribution in [-0.4, -0.2) is 25.9 Å². The smallest absolute Gasteiger partial charge is 0.123 e. The summed E-state index contributed by atoms with van der Waals surface area (Å²) in [5.41, 5.74) is 1.23. The van der Waals surface area contributed by atoms with Gasteiger partial charge in [0.1, 0.15) is 5.75 Å². The third-order valence-electron chi connectivity index (χ3n) is 3.17. The molecule has 1 aliphatic heterocycles. The van der Waals surface area contributed by atoms with Crippen LogP contribution in [0.2, 0.25) is 0 Å². The normalized spacial score (nSPS) is 19.4. The summed E-state index contributed by atoms with van der Waals surface area (Å²) in [6.45, 7) is 7.64. The molecule has 1 aromatic carbocycles. The SMILES string of the molecule is CC(C)NCc1ccccc1OCC1CCOC1. The molecule has 3 nitrogen and oxygen atoms in total. The lowest BCUT2D eigenvalue weighted by Gasteiger charge is -2.15. The molecule has 1 N–H and O–H groups in total. The van der Waals surface area contributed by atoms with Crippen molar-refractivity contribution in [3.63, 3.8) is 0 Å². The second-order valence-electron chi connectivity index (χ2n) is 5.18. The molecule has 0 bridgehead atoms. The molecule has 18 heavy (non-hydrogen) atoms. The first-order valence-corrected chi connectivity index (χ1v) is 6.77. The van der Waals surface area contributed by atoms with E-state index in [0.717, 1.165) is 38.5 Å². The maximum atomic E-state index is 5.93. The Hall–Kier alpha value is -1.06. The fraction of sp³-hybridized carbons (Fsp3) is 0.600. The van der Waals surface area contributed by atoms with Gasteiger partial charge in [-0.3, -0.25) is 0 Å². The minimum atomic E-state index is 0.487. The van der Waals surface area contributed by atoms with Crippen molar-refractivity contribution in [1.29, 1.82) is 0 Å². The van der Waals surface area contributed by atoms with E-state index in [0.29, 0.717) is 12.0 Å². The first kappa shape index (κ1) is 13.4. The Bertz CT molecular complexity index is 359. The zero-order chi connectivity index (χ0) is 12.8. The van der Waals surface area contributed by atoms with Gasteiger partial charge < -0.3 is 14.8 Å². The number of hydrogen-bond acceptors (Lipinski definition) is 3. The van der Waals surface area contributed by atoms with Crippen LogP contribution in [0.4, 0.5) is 0 Å². The molecule has 1 aromatic rings. The summed E-state index contributed by atoms with van der Waals surface area (Å²) in [5.74, 6) is 1.55. The lowest BCUT2D eigenvalue weighted by molar-refractivity contribution is 0.166. The molecule has 1 atom stereocenters. The minimum Gasteiger partial charge on any atom is -0.493 e. The Kier molecular flexibility index (Phi) is 5.02. The Balaban J connectivity index is 1.89. The largest absolute Gasteiger partial charge is 0.493 e. The van der Waals surface area contributed by atoms with E-state index in [2.05, 4.69) is 31.3 Å². The van der Waals surface area contributed by atoms with Crippen LogP contribution in [0, 0.1) is 5.92 Å². The first-order chi connectivity index (χ1) is 8.75. The molecule has 100 valence electrons. The van der Waals surface area contributed by atoms with Crippen LogP contribution in [-0.2, 0) is 11.3 Å². The van der Waals surface area contributed by atoms with Gasteiger partial charge >= 0.3 is 0 Å². The third kappa shape index (κ3) is 4.00. The van der Waals surface area contributed by atoms with Gasteiger partial charge in [-0.25, -0.2) is 0 Å². The highest BCUT2D eigenvalue weighted by molar-refractivity contribution is 5.33. The van der Waals surface area contributed by atoms with Crippen LogP contribution in [0.15, 0.2) is 24.3 Å². The molecule has 1 unspecified atom stereocenters. The monoisotopic (exact) mass is 249 g/mol. The summed E-state index contributed by atoms with van der Waals surface area (Å²) in [4.78, 5) is 0. The number of benzene rings is 1. The molecule has 0 amide bonds. The van der Waals surface area contributed by atoms with Gasteiger partial charge in [-0.15, -0.1) is 0 Å². The summed E-state index contributed by atoms with van der Waals surface area (Å²) >= 11 is 0. The fourth-order valence-corrected chi connectivity index (χ4v) is 2.03. The summed E-state index contributed by atoms with van der Waals surface area (Å²) in [6.07, 6.45) is 1.12. The summed E-state index contributed by atoms with van der Waals surface area (Å²) in [7, 11) is 0. The summed E-state index contributed by atoms with van der Waals surface area (Å²) in [6, 6.07) is 8.74. The minimum absolute atomic E-state index is 0.487. The predicted molar refractivity (Wildman–Crippen MR) is 72.8 cm³/mol. The number of hydrogen-bond donors (Lipinski definition) is 1. The van der Waals surface area contributed by atoms with E-state index >= 15 is 0 Å². The standard InChI is InChI=1S/C15H23NO2/c1-12(2)16-9-14-5-3-4-6-15(14)18-11-13-7-8-17-10-13/h3-6,12-13,16H,7-11H2,1-2H3. The molecule has 0 saturated carbocycles. The molecule has 2 rings (SSSR count). The third-order valence-corrected chi connectivity index (χ3v) is 3.17. The van der Waals surface area contributed by atoms with E-state index in [1.807, 2.05) is 12.1 Å². The zero-order valence-corrected chi connectivity index (χ0v) is 11.3. The lowest BCUT2D eigenvalue weighted by atomic mass is 10.1. The van der Waals surface area contributed by atoms with Crippen molar-refractivity contribution in [3.05, 3.63) is 29.8 Å². The van der Waals surface area contributed by atoms with Crippen molar-refractivity contribution in [2.75, 3.05) is 19.8 Å². The molecular formula is C15H23NO2. The summed E-state index contributed by atoms with van der Waals surface area (Å²) < 4.78 is 11.3. The number of ether oxygens (including phenoxy) is 2. The van der Waals surface area contributed by atoms with Gasteiger partial charge in [-0.05, 0) is 12.5 Å². The topological polar surface area (TPSA) is 30.5 Å². The molecule has 0 spiro atoms. The Morgan fingerprint density at radius 3 is 2.94 bits per heavy atom. The van der Waals surface area contributed by atoms with Gasteiger partial charge in [-0.2, -0.15) is 0 Å². The Morgan fingerprint density at radius 1 is 1.39 bits per heavy atom. The average Bonchev–Trinajstić information content (AvgIpc) is 2.88. The predicted octanol–water partition coefficient (Wildman–Crippen LogP) is 2.60. The van der Waals surface area contributed by atoms with Gasteiger partial charge in [-0.1, -0.05) is 32.0 Å². The van der Waals surface area contributed by atoms with Gasteiger partial charge in [0.2, 0.25) is 0 Å². The quantitative estimate of drug-likeness (QED) is 0.840. The molecule has 1 heterocycles. The number of para-hydroxylation sites is 1. The van der Waals surface area contributed by atoms with Gasteiger partial charge in [0.25, 0.3) is 0 Å². The van der Waals surface area contributed by atoms with Crippen molar-refractivity contribution >= 4 is 0 Å². The van der Waals surface area contributed by atoms with Crippen molar-refractivity contribution in [2.24, 2.45) is 5.92 Å². The van der Waals surface area contributed by atoms with E-state index in [9.17, 15) is 0 Å².